The maximum Gasteiger partial charge on any atom is 0.306 e. The van der Waals surface area contributed by atoms with Crippen LogP contribution in [0, 0.1) is 46.3 Å². The lowest BCUT2D eigenvalue weighted by atomic mass is 9.47. The van der Waals surface area contributed by atoms with Crippen molar-refractivity contribution in [3.63, 3.8) is 0 Å². The summed E-state index contributed by atoms with van der Waals surface area (Å²) in [6.07, 6.45) is 32.2. The zero-order valence-corrected chi connectivity index (χ0v) is 30.0. The molecule has 5 rings (SSSR count). The van der Waals surface area contributed by atoms with Crippen LogP contribution in [0.2, 0.25) is 0 Å². The first-order valence-electron chi connectivity index (χ1n) is 19.7. The Morgan fingerprint density at radius 2 is 1.56 bits per heavy atom. The number of allylic oxidation sites excluding steroid dienone is 1. The van der Waals surface area contributed by atoms with Gasteiger partial charge < -0.3 is 9.30 Å². The highest BCUT2D eigenvalue weighted by molar-refractivity contribution is 5.69. The molecule has 3 saturated carbocycles. The van der Waals surface area contributed by atoms with E-state index in [0.29, 0.717) is 17.3 Å². The predicted molar refractivity (Wildman–Crippen MR) is 189 cm³/mol. The van der Waals surface area contributed by atoms with E-state index in [1.807, 2.05) is 0 Å². The lowest BCUT2D eigenvalue weighted by Gasteiger charge is -2.58. The molecule has 0 spiro atoms. The van der Waals surface area contributed by atoms with Gasteiger partial charge in [0.15, 0.2) is 0 Å². The molecule has 0 saturated heterocycles. The summed E-state index contributed by atoms with van der Waals surface area (Å²) in [5, 5.41) is 0. The first-order chi connectivity index (χ1) is 21.7. The minimum Gasteiger partial charge on any atom is -0.462 e. The van der Waals surface area contributed by atoms with Crippen LogP contribution in [0.25, 0.3) is 0 Å². The lowest BCUT2D eigenvalue weighted by Crippen LogP contribution is -2.51. The van der Waals surface area contributed by atoms with Crippen LogP contribution in [0.5, 0.6) is 0 Å². The second-order valence-corrected chi connectivity index (χ2v) is 17.1. The summed E-state index contributed by atoms with van der Waals surface area (Å²) in [4.78, 5) is 12.8. The number of carbonyl (C=O) groups excluding carboxylic acids is 1. The van der Waals surface area contributed by atoms with Crippen molar-refractivity contribution in [1.82, 2.24) is 4.57 Å². The number of nitrogens with zero attached hydrogens (tertiary/aromatic N) is 1. The minimum absolute atomic E-state index is 0.0517. The molecule has 1 aromatic heterocycles. The highest BCUT2D eigenvalue weighted by Crippen LogP contribution is 2.67. The Bertz CT molecular complexity index is 1070. The molecule has 3 heteroatoms. The molecule has 4 aliphatic carbocycles. The van der Waals surface area contributed by atoms with E-state index in [9.17, 15) is 4.79 Å². The highest BCUT2D eigenvalue weighted by Gasteiger charge is 2.59. The summed E-state index contributed by atoms with van der Waals surface area (Å²) in [5.41, 5.74) is 2.52. The normalized spacial score (nSPS) is 33.3. The van der Waals surface area contributed by atoms with Gasteiger partial charge in [0.2, 0.25) is 0 Å². The van der Waals surface area contributed by atoms with Crippen molar-refractivity contribution in [2.75, 3.05) is 0 Å². The average molecular weight is 620 g/mol. The Labute approximate surface area is 277 Å². The van der Waals surface area contributed by atoms with Gasteiger partial charge in [-0.05, 0) is 116 Å². The van der Waals surface area contributed by atoms with Gasteiger partial charge in [-0.1, -0.05) is 104 Å². The van der Waals surface area contributed by atoms with Gasteiger partial charge >= 0.3 is 5.97 Å². The fourth-order valence-electron chi connectivity index (χ4n) is 11.1. The molecule has 254 valence electrons. The molecule has 1 aromatic rings. The van der Waals surface area contributed by atoms with Crippen molar-refractivity contribution in [1.29, 1.82) is 0 Å². The topological polar surface area (TPSA) is 31.2 Å². The van der Waals surface area contributed by atoms with Gasteiger partial charge in [-0.2, -0.15) is 0 Å². The van der Waals surface area contributed by atoms with Crippen molar-refractivity contribution in [2.45, 2.75) is 176 Å². The molecule has 1 heterocycles. The minimum atomic E-state index is 0.0517. The van der Waals surface area contributed by atoms with Gasteiger partial charge in [0, 0.05) is 31.8 Å². The third kappa shape index (κ3) is 8.51. The molecule has 3 fully saturated rings. The Morgan fingerprint density at radius 1 is 0.844 bits per heavy atom. The highest BCUT2D eigenvalue weighted by atomic mass is 16.5. The molecule has 0 radical (unpaired) electrons. The van der Waals surface area contributed by atoms with Gasteiger partial charge in [0.05, 0.1) is 0 Å². The van der Waals surface area contributed by atoms with Crippen LogP contribution in [-0.2, 0) is 16.1 Å². The van der Waals surface area contributed by atoms with Crippen molar-refractivity contribution < 1.29 is 9.53 Å². The van der Waals surface area contributed by atoms with Crippen molar-refractivity contribution in [3.8, 4) is 0 Å². The van der Waals surface area contributed by atoms with E-state index < -0.39 is 0 Å². The number of fused-ring (bicyclic) bond motifs is 5. The molecular weight excluding hydrogens is 550 g/mol. The van der Waals surface area contributed by atoms with Gasteiger partial charge in [-0.15, -0.1) is 0 Å². The van der Waals surface area contributed by atoms with Gasteiger partial charge in [-0.3, -0.25) is 4.79 Å². The predicted octanol–water partition coefficient (Wildman–Crippen LogP) is 12.0. The lowest BCUT2D eigenvalue weighted by molar-refractivity contribution is -0.151. The van der Waals surface area contributed by atoms with E-state index in [4.69, 9.17) is 4.74 Å². The molecule has 0 amide bonds. The van der Waals surface area contributed by atoms with E-state index >= 15 is 0 Å². The third-order valence-corrected chi connectivity index (χ3v) is 13.8. The SMILES string of the molecule is CC(C)CCC[C@@H](C)[C@H]1CC[C@H]2[C@@H]3CC=C4C[C@@H](OC(=O)CCCCCCCCCCn5cccc5)CC[C@]4(C)[C@H]3CC[C@]12C. The summed E-state index contributed by atoms with van der Waals surface area (Å²) in [6.45, 7) is 13.8. The van der Waals surface area contributed by atoms with Crippen LogP contribution >= 0.6 is 0 Å². The number of hydrogen-bond donors (Lipinski definition) is 0. The second kappa shape index (κ2) is 16.1. The quantitative estimate of drug-likeness (QED) is 0.0986. The number of ether oxygens (including phenoxy) is 1. The first-order valence-corrected chi connectivity index (χ1v) is 19.7. The largest absolute Gasteiger partial charge is 0.462 e. The molecule has 0 N–H and O–H groups in total. The summed E-state index contributed by atoms with van der Waals surface area (Å²) in [5.74, 6) is 5.31. The monoisotopic (exact) mass is 620 g/mol. The Balaban J connectivity index is 1.00. The van der Waals surface area contributed by atoms with Gasteiger partial charge in [0.25, 0.3) is 0 Å². The number of rotatable bonds is 17. The second-order valence-electron chi connectivity index (χ2n) is 17.1. The zero-order valence-electron chi connectivity index (χ0n) is 30.0. The van der Waals surface area contributed by atoms with E-state index in [1.54, 1.807) is 5.57 Å². The standard InChI is InChI=1S/C42H69NO2/c1-32(2)17-16-18-33(3)37-22-23-38-36-21-20-34-31-35(24-26-41(34,4)39(36)25-27-42(37,38)5)45-40(44)19-12-10-8-6-7-9-11-13-28-43-29-14-15-30-43/h14-15,20,29-30,32-33,35-39H,6-13,16-19,21-28,31H2,1-5H3/t33-,35+,36+,37-,38+,39+,41+,42-/m1/s1. The van der Waals surface area contributed by atoms with E-state index in [0.717, 1.165) is 67.7 Å². The molecule has 8 atom stereocenters. The maximum absolute atomic E-state index is 12.8. The van der Waals surface area contributed by atoms with Crippen molar-refractivity contribution in [3.05, 3.63) is 36.2 Å². The van der Waals surface area contributed by atoms with Crippen molar-refractivity contribution >= 4 is 5.97 Å². The van der Waals surface area contributed by atoms with Crippen molar-refractivity contribution in [2.24, 2.45) is 46.3 Å². The first kappa shape index (κ1) is 34.8. The van der Waals surface area contributed by atoms with Crippen LogP contribution in [0.4, 0.5) is 0 Å². The van der Waals surface area contributed by atoms with E-state index in [1.165, 1.54) is 96.3 Å². The Hall–Kier alpha value is -1.51. The van der Waals surface area contributed by atoms with E-state index in [2.05, 4.69) is 69.8 Å². The Morgan fingerprint density at radius 3 is 2.29 bits per heavy atom. The molecule has 4 aliphatic rings. The van der Waals surface area contributed by atoms with Gasteiger partial charge in [-0.25, -0.2) is 0 Å². The van der Waals surface area contributed by atoms with Crippen LogP contribution in [0.3, 0.4) is 0 Å². The van der Waals surface area contributed by atoms with Crippen LogP contribution in [0.15, 0.2) is 36.2 Å². The molecule has 0 aliphatic heterocycles. The number of hydrogen-bond acceptors (Lipinski definition) is 2. The third-order valence-electron chi connectivity index (χ3n) is 13.8. The smallest absolute Gasteiger partial charge is 0.306 e. The fourth-order valence-corrected chi connectivity index (χ4v) is 11.1. The van der Waals surface area contributed by atoms with Gasteiger partial charge in [0.1, 0.15) is 6.10 Å². The number of carbonyl (C=O) groups is 1. The molecule has 45 heavy (non-hydrogen) atoms. The molecular formula is C42H69NO2. The zero-order chi connectivity index (χ0) is 31.9. The van der Waals surface area contributed by atoms with Crippen LogP contribution in [0.1, 0.15) is 163 Å². The molecule has 0 aromatic carbocycles. The Kier molecular flexibility index (Phi) is 12.4. The number of esters is 1. The molecule has 0 bridgehead atoms. The number of unbranched alkanes of at least 4 members (excludes halogenated alkanes) is 7. The number of aryl methyl sites for hydroxylation is 1. The molecule has 0 unspecified atom stereocenters. The average Bonchev–Trinajstić information content (AvgIpc) is 3.65. The maximum atomic E-state index is 12.8. The summed E-state index contributed by atoms with van der Waals surface area (Å²) in [7, 11) is 0. The number of aromatic nitrogens is 1. The summed E-state index contributed by atoms with van der Waals surface area (Å²) >= 11 is 0. The van der Waals surface area contributed by atoms with Crippen LogP contribution in [-0.4, -0.2) is 16.6 Å². The summed E-state index contributed by atoms with van der Waals surface area (Å²) < 4.78 is 8.39. The fraction of sp³-hybridized carbons (Fsp3) is 0.833. The molecule has 3 nitrogen and oxygen atoms in total. The van der Waals surface area contributed by atoms with E-state index in [-0.39, 0.29) is 12.1 Å². The van der Waals surface area contributed by atoms with Crippen LogP contribution < -0.4 is 0 Å². The summed E-state index contributed by atoms with van der Waals surface area (Å²) in [6, 6.07) is 4.21.